The van der Waals surface area contributed by atoms with Crippen molar-refractivity contribution in [2.24, 2.45) is 0 Å². The van der Waals surface area contributed by atoms with Gasteiger partial charge in [-0.15, -0.1) is 0 Å². The van der Waals surface area contributed by atoms with Gasteiger partial charge in [0.05, 0.1) is 6.61 Å². The zero-order chi connectivity index (χ0) is 10.6. The number of carbonyl (C=O) groups excluding carboxylic acids is 1. The molecule has 0 spiro atoms. The van der Waals surface area contributed by atoms with Crippen LogP contribution in [0.4, 0.5) is 0 Å². The van der Waals surface area contributed by atoms with Crippen LogP contribution in [0, 0.1) is 0 Å². The third kappa shape index (κ3) is 2.12. The smallest absolute Gasteiger partial charge is 0.342 e. The monoisotopic (exact) mass is 194 g/mol. The molecular formula is C11H14O3. The molecule has 3 heteroatoms. The summed E-state index contributed by atoms with van der Waals surface area (Å²) in [5, 5.41) is 9.91. The zero-order valence-electron chi connectivity index (χ0n) is 8.36. The van der Waals surface area contributed by atoms with E-state index in [1.54, 1.807) is 31.2 Å². The molecule has 14 heavy (non-hydrogen) atoms. The van der Waals surface area contributed by atoms with Crippen LogP contribution in [-0.2, 0) is 15.1 Å². The second-order valence-electron chi connectivity index (χ2n) is 3.16. The van der Waals surface area contributed by atoms with Gasteiger partial charge >= 0.3 is 5.97 Å². The molecular weight excluding hydrogens is 180 g/mol. The summed E-state index contributed by atoms with van der Waals surface area (Å²) in [6.07, 6.45) is 0. The van der Waals surface area contributed by atoms with E-state index in [-0.39, 0.29) is 6.61 Å². The summed E-state index contributed by atoms with van der Waals surface area (Å²) in [5.74, 6) is -0.619. The molecule has 0 aliphatic heterocycles. The van der Waals surface area contributed by atoms with Crippen LogP contribution in [0.2, 0.25) is 0 Å². The van der Waals surface area contributed by atoms with E-state index in [9.17, 15) is 9.90 Å². The van der Waals surface area contributed by atoms with Crippen LogP contribution in [0.5, 0.6) is 0 Å². The summed E-state index contributed by atoms with van der Waals surface area (Å²) in [4.78, 5) is 11.4. The quantitative estimate of drug-likeness (QED) is 0.741. The topological polar surface area (TPSA) is 46.5 Å². The van der Waals surface area contributed by atoms with Crippen molar-refractivity contribution in [1.29, 1.82) is 0 Å². The van der Waals surface area contributed by atoms with Gasteiger partial charge in [0.2, 0.25) is 0 Å². The summed E-state index contributed by atoms with van der Waals surface area (Å²) in [6, 6.07) is 8.74. The molecule has 1 unspecified atom stereocenters. The Labute approximate surface area is 83.3 Å². The van der Waals surface area contributed by atoms with Crippen molar-refractivity contribution in [3.8, 4) is 0 Å². The van der Waals surface area contributed by atoms with Gasteiger partial charge in [0.1, 0.15) is 0 Å². The maximum Gasteiger partial charge on any atom is 0.342 e. The second kappa shape index (κ2) is 4.24. The molecule has 1 atom stereocenters. The molecule has 0 saturated heterocycles. The minimum atomic E-state index is -1.56. The average molecular weight is 194 g/mol. The van der Waals surface area contributed by atoms with Crippen molar-refractivity contribution in [3.63, 3.8) is 0 Å². The van der Waals surface area contributed by atoms with Gasteiger partial charge < -0.3 is 9.84 Å². The van der Waals surface area contributed by atoms with E-state index in [4.69, 9.17) is 4.74 Å². The summed E-state index contributed by atoms with van der Waals surface area (Å²) in [7, 11) is 0. The lowest BCUT2D eigenvalue weighted by Gasteiger charge is -2.21. The number of aliphatic hydroxyl groups is 1. The molecule has 1 N–H and O–H groups in total. The molecule has 1 aromatic carbocycles. The van der Waals surface area contributed by atoms with Crippen molar-refractivity contribution < 1.29 is 14.6 Å². The molecule has 0 aromatic heterocycles. The Morgan fingerprint density at radius 2 is 2.00 bits per heavy atom. The van der Waals surface area contributed by atoms with Crippen molar-refractivity contribution in [1.82, 2.24) is 0 Å². The lowest BCUT2D eigenvalue weighted by atomic mass is 9.96. The van der Waals surface area contributed by atoms with Gasteiger partial charge in [0, 0.05) is 0 Å². The number of benzene rings is 1. The Bertz CT molecular complexity index is 304. The predicted molar refractivity (Wildman–Crippen MR) is 52.6 cm³/mol. The Kier molecular flexibility index (Phi) is 3.25. The van der Waals surface area contributed by atoms with Crippen LogP contribution in [0.15, 0.2) is 30.3 Å². The maximum absolute atomic E-state index is 11.4. The number of ether oxygens (including phenoxy) is 1. The van der Waals surface area contributed by atoms with Gasteiger partial charge in [-0.05, 0) is 19.4 Å². The van der Waals surface area contributed by atoms with Gasteiger partial charge in [-0.3, -0.25) is 0 Å². The summed E-state index contributed by atoms with van der Waals surface area (Å²) in [5.41, 5.74) is -1.02. The number of hydrogen-bond donors (Lipinski definition) is 1. The summed E-state index contributed by atoms with van der Waals surface area (Å²) in [6.45, 7) is 3.40. The predicted octanol–water partition coefficient (Wildman–Crippen LogP) is 1.46. The van der Waals surface area contributed by atoms with Gasteiger partial charge in [-0.2, -0.15) is 0 Å². The zero-order valence-corrected chi connectivity index (χ0v) is 8.36. The van der Waals surface area contributed by atoms with Gasteiger partial charge in [0.15, 0.2) is 5.60 Å². The standard InChI is InChI=1S/C11H14O3/c1-3-14-10(12)11(2,13)9-7-5-4-6-8-9/h4-8,13H,3H2,1-2H3. The number of carbonyl (C=O) groups is 1. The van der Waals surface area contributed by atoms with E-state index in [0.29, 0.717) is 5.56 Å². The number of rotatable bonds is 3. The lowest BCUT2D eigenvalue weighted by Crippen LogP contribution is -2.33. The molecule has 0 heterocycles. The SMILES string of the molecule is CCOC(=O)C(C)(O)c1ccccc1. The lowest BCUT2D eigenvalue weighted by molar-refractivity contribution is -0.164. The van der Waals surface area contributed by atoms with Crippen molar-refractivity contribution in [3.05, 3.63) is 35.9 Å². The molecule has 0 amide bonds. The Morgan fingerprint density at radius 3 is 2.50 bits per heavy atom. The van der Waals surface area contributed by atoms with E-state index in [1.807, 2.05) is 6.07 Å². The van der Waals surface area contributed by atoms with Crippen LogP contribution in [0.3, 0.4) is 0 Å². The molecule has 1 aromatic rings. The van der Waals surface area contributed by atoms with E-state index in [2.05, 4.69) is 0 Å². The highest BCUT2D eigenvalue weighted by molar-refractivity contribution is 5.80. The fraction of sp³-hybridized carbons (Fsp3) is 0.364. The summed E-state index contributed by atoms with van der Waals surface area (Å²) >= 11 is 0. The van der Waals surface area contributed by atoms with Crippen LogP contribution in [0.1, 0.15) is 19.4 Å². The van der Waals surface area contributed by atoms with E-state index in [0.717, 1.165) is 0 Å². The van der Waals surface area contributed by atoms with Crippen LogP contribution in [0.25, 0.3) is 0 Å². The van der Waals surface area contributed by atoms with Gasteiger partial charge in [0.25, 0.3) is 0 Å². The largest absolute Gasteiger partial charge is 0.464 e. The minimum Gasteiger partial charge on any atom is -0.464 e. The Morgan fingerprint density at radius 1 is 1.43 bits per heavy atom. The van der Waals surface area contributed by atoms with Gasteiger partial charge in [-0.1, -0.05) is 30.3 Å². The molecule has 0 saturated carbocycles. The molecule has 0 radical (unpaired) electrons. The van der Waals surface area contributed by atoms with Crippen LogP contribution in [-0.4, -0.2) is 17.7 Å². The highest BCUT2D eigenvalue weighted by Gasteiger charge is 2.33. The first-order valence-corrected chi connectivity index (χ1v) is 4.54. The molecule has 3 nitrogen and oxygen atoms in total. The molecule has 1 rings (SSSR count). The van der Waals surface area contributed by atoms with Crippen LogP contribution < -0.4 is 0 Å². The van der Waals surface area contributed by atoms with Crippen molar-refractivity contribution >= 4 is 5.97 Å². The average Bonchev–Trinajstić information content (AvgIpc) is 2.19. The van der Waals surface area contributed by atoms with E-state index >= 15 is 0 Å². The highest BCUT2D eigenvalue weighted by atomic mass is 16.5. The third-order valence-corrected chi connectivity index (χ3v) is 2.01. The normalized spacial score (nSPS) is 14.5. The Balaban J connectivity index is 2.90. The molecule has 0 fully saturated rings. The first kappa shape index (κ1) is 10.7. The number of hydrogen-bond acceptors (Lipinski definition) is 3. The first-order valence-electron chi connectivity index (χ1n) is 4.54. The molecule has 0 bridgehead atoms. The Hall–Kier alpha value is -1.35. The fourth-order valence-electron chi connectivity index (χ4n) is 1.15. The molecule has 76 valence electrons. The second-order valence-corrected chi connectivity index (χ2v) is 3.16. The van der Waals surface area contributed by atoms with E-state index < -0.39 is 11.6 Å². The fourth-order valence-corrected chi connectivity index (χ4v) is 1.15. The van der Waals surface area contributed by atoms with E-state index in [1.165, 1.54) is 6.92 Å². The molecule has 0 aliphatic rings. The molecule has 0 aliphatic carbocycles. The first-order chi connectivity index (χ1) is 6.59. The highest BCUT2D eigenvalue weighted by Crippen LogP contribution is 2.21. The van der Waals surface area contributed by atoms with Crippen LogP contribution >= 0.6 is 0 Å². The van der Waals surface area contributed by atoms with Gasteiger partial charge in [-0.25, -0.2) is 4.79 Å². The van der Waals surface area contributed by atoms with Crippen molar-refractivity contribution in [2.45, 2.75) is 19.4 Å². The minimum absolute atomic E-state index is 0.266. The number of esters is 1. The maximum atomic E-state index is 11.4. The van der Waals surface area contributed by atoms with Crippen molar-refractivity contribution in [2.75, 3.05) is 6.61 Å². The third-order valence-electron chi connectivity index (χ3n) is 2.01. The summed E-state index contributed by atoms with van der Waals surface area (Å²) < 4.78 is 4.77.